The number of fused-ring (bicyclic) bond motifs is 13. The number of hydrogen-bond donors (Lipinski definition) is 0. The van der Waals surface area contributed by atoms with Gasteiger partial charge in [0.15, 0.2) is 5.82 Å². The minimum absolute atomic E-state index is 0.626. The Labute approximate surface area is 343 Å². The third kappa shape index (κ3) is 5.11. The summed E-state index contributed by atoms with van der Waals surface area (Å²) in [6.45, 7) is 0. The minimum Gasteiger partial charge on any atom is -0.264 e. The molecule has 0 aliphatic heterocycles. The summed E-state index contributed by atoms with van der Waals surface area (Å²) in [5.41, 5.74) is 18.9. The van der Waals surface area contributed by atoms with E-state index in [0.717, 1.165) is 39.2 Å². The van der Waals surface area contributed by atoms with Crippen LogP contribution in [0, 0.1) is 0 Å². The van der Waals surface area contributed by atoms with Crippen molar-refractivity contribution in [2.75, 3.05) is 0 Å². The molecule has 0 fully saturated rings. The molecular formula is C56H35N3. The number of nitrogens with zero attached hydrogens (tertiary/aromatic N) is 3. The van der Waals surface area contributed by atoms with E-state index in [-0.39, 0.29) is 0 Å². The van der Waals surface area contributed by atoms with Crippen LogP contribution in [0.4, 0.5) is 0 Å². The van der Waals surface area contributed by atoms with Crippen molar-refractivity contribution in [3.8, 4) is 78.4 Å². The van der Waals surface area contributed by atoms with Crippen molar-refractivity contribution in [2.24, 2.45) is 0 Å². The summed E-state index contributed by atoms with van der Waals surface area (Å²) in [7, 11) is 0. The monoisotopic (exact) mass is 749 g/mol. The fraction of sp³-hybridized carbons (Fsp3) is 0.0179. The van der Waals surface area contributed by atoms with Crippen LogP contribution in [0.3, 0.4) is 0 Å². The van der Waals surface area contributed by atoms with Crippen molar-refractivity contribution in [1.29, 1.82) is 0 Å². The second kappa shape index (κ2) is 13.2. The van der Waals surface area contributed by atoms with Gasteiger partial charge in [-0.3, -0.25) is 4.98 Å². The smallest absolute Gasteiger partial charge is 0.160 e. The molecule has 59 heavy (non-hydrogen) atoms. The Hall–Kier alpha value is -7.75. The Kier molecular flexibility index (Phi) is 7.45. The van der Waals surface area contributed by atoms with Crippen molar-refractivity contribution in [3.05, 3.63) is 235 Å². The van der Waals surface area contributed by atoms with Crippen LogP contribution >= 0.6 is 0 Å². The van der Waals surface area contributed by atoms with Crippen molar-refractivity contribution < 1.29 is 0 Å². The first-order chi connectivity index (χ1) is 29.2. The highest BCUT2D eigenvalue weighted by molar-refractivity contribution is 6.01. The summed E-state index contributed by atoms with van der Waals surface area (Å²) < 4.78 is 0. The van der Waals surface area contributed by atoms with Gasteiger partial charge in [0.25, 0.3) is 0 Å². The van der Waals surface area contributed by atoms with Gasteiger partial charge in [-0.15, -0.1) is 0 Å². The summed E-state index contributed by atoms with van der Waals surface area (Å²) in [5, 5.41) is 2.47. The summed E-state index contributed by atoms with van der Waals surface area (Å²) in [4.78, 5) is 15.1. The predicted molar refractivity (Wildman–Crippen MR) is 241 cm³/mol. The highest BCUT2D eigenvalue weighted by Gasteiger charge is 2.50. The number of hydrogen-bond acceptors (Lipinski definition) is 3. The molecule has 3 nitrogen and oxygen atoms in total. The van der Waals surface area contributed by atoms with Gasteiger partial charge in [-0.2, -0.15) is 0 Å². The maximum Gasteiger partial charge on any atom is 0.160 e. The molecule has 0 N–H and O–H groups in total. The topological polar surface area (TPSA) is 38.7 Å². The van der Waals surface area contributed by atoms with Crippen LogP contribution in [-0.4, -0.2) is 15.0 Å². The van der Waals surface area contributed by atoms with Crippen LogP contribution in [0.15, 0.2) is 213 Å². The van der Waals surface area contributed by atoms with Crippen LogP contribution in [0.25, 0.3) is 89.2 Å². The molecule has 2 heterocycles. The number of pyridine rings is 1. The van der Waals surface area contributed by atoms with Gasteiger partial charge in [0, 0.05) is 29.1 Å². The van der Waals surface area contributed by atoms with Gasteiger partial charge in [0.1, 0.15) is 0 Å². The van der Waals surface area contributed by atoms with Gasteiger partial charge in [-0.25, -0.2) is 9.97 Å². The molecule has 10 aromatic rings. The zero-order chi connectivity index (χ0) is 38.9. The van der Waals surface area contributed by atoms with Crippen molar-refractivity contribution in [3.63, 3.8) is 0 Å². The highest BCUT2D eigenvalue weighted by Crippen LogP contribution is 2.62. The third-order valence-corrected chi connectivity index (χ3v) is 12.4. The lowest BCUT2D eigenvalue weighted by atomic mass is 9.65. The summed E-state index contributed by atoms with van der Waals surface area (Å²) >= 11 is 0. The van der Waals surface area contributed by atoms with Crippen LogP contribution in [0.1, 0.15) is 22.3 Å². The van der Waals surface area contributed by atoms with E-state index >= 15 is 0 Å². The van der Waals surface area contributed by atoms with Crippen LogP contribution in [0.2, 0.25) is 0 Å². The fourth-order valence-electron chi connectivity index (χ4n) is 9.76. The van der Waals surface area contributed by atoms with E-state index in [9.17, 15) is 0 Å². The van der Waals surface area contributed by atoms with E-state index in [1.165, 1.54) is 66.4 Å². The molecule has 12 rings (SSSR count). The van der Waals surface area contributed by atoms with E-state index in [0.29, 0.717) is 5.82 Å². The molecule has 2 aliphatic carbocycles. The number of benzene rings is 8. The Balaban J connectivity index is 1.15. The molecule has 274 valence electrons. The first-order valence-electron chi connectivity index (χ1n) is 20.2. The van der Waals surface area contributed by atoms with E-state index in [2.05, 4.69) is 193 Å². The maximum atomic E-state index is 5.38. The van der Waals surface area contributed by atoms with E-state index < -0.39 is 5.41 Å². The van der Waals surface area contributed by atoms with Crippen LogP contribution in [-0.2, 0) is 5.41 Å². The van der Waals surface area contributed by atoms with E-state index in [4.69, 9.17) is 9.97 Å². The molecule has 1 unspecified atom stereocenters. The molecule has 3 heteroatoms. The van der Waals surface area contributed by atoms with Crippen molar-refractivity contribution >= 4 is 10.8 Å². The van der Waals surface area contributed by atoms with Gasteiger partial charge < -0.3 is 0 Å². The number of aromatic nitrogens is 3. The third-order valence-electron chi connectivity index (χ3n) is 12.4. The average molecular weight is 750 g/mol. The Morgan fingerprint density at radius 2 is 0.814 bits per heavy atom. The second-order valence-corrected chi connectivity index (χ2v) is 15.5. The van der Waals surface area contributed by atoms with Gasteiger partial charge in [-0.05, 0) is 108 Å². The summed E-state index contributed by atoms with van der Waals surface area (Å²) in [6.07, 6.45) is 3.70. The van der Waals surface area contributed by atoms with Gasteiger partial charge >= 0.3 is 0 Å². The molecule has 2 aliphatic rings. The molecule has 0 bridgehead atoms. The quantitative estimate of drug-likeness (QED) is 0.180. The lowest BCUT2D eigenvalue weighted by Gasteiger charge is -2.35. The molecule has 2 aromatic heterocycles. The molecule has 1 spiro atoms. The van der Waals surface area contributed by atoms with Crippen molar-refractivity contribution in [2.45, 2.75) is 5.41 Å². The Bertz CT molecular complexity index is 3260. The van der Waals surface area contributed by atoms with Gasteiger partial charge in [0.05, 0.1) is 16.8 Å². The minimum atomic E-state index is -0.626. The highest BCUT2D eigenvalue weighted by atomic mass is 14.9. The van der Waals surface area contributed by atoms with Gasteiger partial charge in [0.2, 0.25) is 0 Å². The molecule has 0 saturated heterocycles. The molecule has 0 radical (unpaired) electrons. The molecule has 1 atom stereocenters. The number of rotatable bonds is 4. The summed E-state index contributed by atoms with van der Waals surface area (Å²) in [5.74, 6) is 0.687. The van der Waals surface area contributed by atoms with Crippen LogP contribution < -0.4 is 0 Å². The van der Waals surface area contributed by atoms with Gasteiger partial charge in [-0.1, -0.05) is 170 Å². The molecular weight excluding hydrogens is 715 g/mol. The van der Waals surface area contributed by atoms with Crippen LogP contribution in [0.5, 0.6) is 0 Å². The normalized spacial score (nSPS) is 14.5. The maximum absolute atomic E-state index is 5.38. The molecule has 0 amide bonds. The largest absolute Gasteiger partial charge is 0.264 e. The lowest BCUT2D eigenvalue weighted by molar-refractivity contribution is 0.776. The fourth-order valence-corrected chi connectivity index (χ4v) is 9.76. The first kappa shape index (κ1) is 33.4. The Morgan fingerprint density at radius 3 is 1.49 bits per heavy atom. The molecule has 8 aromatic carbocycles. The average Bonchev–Trinajstić information content (AvgIpc) is 3.54. The standard InChI is InChI=1S/C56H35N3/c1-2-13-37(14-3-1)53-34-54(38-26-24-36(25-27-38)42-17-12-30-57-35-42)59-55(58-53)41-28-29-47-44-19-7-6-18-43(44)45-20-8-10-22-49(45)56(51(47)33-41)50-23-11-9-21-46(50)48-31-39-15-4-5-16-40(39)32-52(48)56/h1-35H. The second-order valence-electron chi connectivity index (χ2n) is 15.5. The molecule has 0 saturated carbocycles. The lowest BCUT2D eigenvalue weighted by Crippen LogP contribution is -2.29. The summed E-state index contributed by atoms with van der Waals surface area (Å²) in [6, 6.07) is 72.7. The zero-order valence-corrected chi connectivity index (χ0v) is 32.0. The van der Waals surface area contributed by atoms with E-state index in [1.807, 2.05) is 18.3 Å². The van der Waals surface area contributed by atoms with E-state index in [1.54, 1.807) is 6.20 Å². The Morgan fingerprint density at radius 1 is 0.305 bits per heavy atom. The van der Waals surface area contributed by atoms with Crippen molar-refractivity contribution in [1.82, 2.24) is 15.0 Å². The first-order valence-corrected chi connectivity index (χ1v) is 20.2. The zero-order valence-electron chi connectivity index (χ0n) is 32.0. The SMILES string of the molecule is c1ccc(-c2cc(-c3ccc(-c4cccnc4)cc3)nc(-c3ccc4c(c3)C3(c5ccccc5-c5ccccc5-4)c4ccccc4-c4cc5ccccc5cc43)n2)cc1. The predicted octanol–water partition coefficient (Wildman–Crippen LogP) is 13.7.